The molecule has 0 aromatic carbocycles. The van der Waals surface area contributed by atoms with E-state index in [0.29, 0.717) is 0 Å². The second-order valence-electron chi connectivity index (χ2n) is 4.85. The van der Waals surface area contributed by atoms with Crippen molar-refractivity contribution >= 4 is 5.91 Å². The normalized spacial score (nSPS) is 32.3. The molecule has 2 heterocycles. The Labute approximate surface area is 97.1 Å². The highest BCUT2D eigenvalue weighted by molar-refractivity contribution is 5.82. The van der Waals surface area contributed by atoms with Crippen LogP contribution in [0, 0.1) is 0 Å². The van der Waals surface area contributed by atoms with Crippen molar-refractivity contribution in [1.29, 1.82) is 0 Å². The third-order valence-corrected chi connectivity index (χ3v) is 3.52. The first-order valence-corrected chi connectivity index (χ1v) is 6.43. The number of hydrogen-bond acceptors (Lipinski definition) is 3. The second-order valence-corrected chi connectivity index (χ2v) is 4.85. The predicted molar refractivity (Wildman–Crippen MR) is 62.2 cm³/mol. The molecule has 0 bridgehead atoms. The summed E-state index contributed by atoms with van der Waals surface area (Å²) in [7, 11) is 0. The lowest BCUT2D eigenvalue weighted by atomic mass is 10.0. The molecule has 0 radical (unpaired) electrons. The molecule has 2 saturated heterocycles. The van der Waals surface area contributed by atoms with Crippen LogP contribution in [0.4, 0.5) is 0 Å². The van der Waals surface area contributed by atoms with E-state index in [2.05, 4.69) is 10.6 Å². The van der Waals surface area contributed by atoms with Crippen molar-refractivity contribution in [2.45, 2.75) is 57.2 Å². The van der Waals surface area contributed by atoms with Gasteiger partial charge in [-0.15, -0.1) is 0 Å². The molecule has 2 aliphatic heterocycles. The maximum absolute atomic E-state index is 11.9. The molecule has 4 nitrogen and oxygen atoms in total. The largest absolute Gasteiger partial charge is 0.376 e. The van der Waals surface area contributed by atoms with E-state index < -0.39 is 0 Å². The first kappa shape index (κ1) is 11.9. The fraction of sp³-hybridized carbons (Fsp3) is 0.917. The molecule has 2 N–H and O–H groups in total. The highest BCUT2D eigenvalue weighted by Gasteiger charge is 2.27. The maximum atomic E-state index is 11.9. The molecule has 2 unspecified atom stereocenters. The fourth-order valence-electron chi connectivity index (χ4n) is 2.49. The first-order chi connectivity index (χ1) is 7.77. The van der Waals surface area contributed by atoms with E-state index in [4.69, 9.17) is 4.74 Å². The molecule has 16 heavy (non-hydrogen) atoms. The van der Waals surface area contributed by atoms with E-state index in [0.717, 1.165) is 38.8 Å². The van der Waals surface area contributed by atoms with Crippen LogP contribution >= 0.6 is 0 Å². The Hall–Kier alpha value is -0.610. The van der Waals surface area contributed by atoms with Crippen LogP contribution in [0.15, 0.2) is 0 Å². The summed E-state index contributed by atoms with van der Waals surface area (Å²) >= 11 is 0. The Morgan fingerprint density at radius 3 is 2.88 bits per heavy atom. The zero-order valence-corrected chi connectivity index (χ0v) is 10.00. The Kier molecular flexibility index (Phi) is 4.18. The number of carbonyl (C=O) groups excluding carboxylic acids is 1. The van der Waals surface area contributed by atoms with Crippen molar-refractivity contribution in [1.82, 2.24) is 10.6 Å². The monoisotopic (exact) mass is 226 g/mol. The average Bonchev–Trinajstić information content (AvgIpc) is 2.83. The fourth-order valence-corrected chi connectivity index (χ4v) is 2.49. The quantitative estimate of drug-likeness (QED) is 0.749. The molecule has 2 fully saturated rings. The summed E-state index contributed by atoms with van der Waals surface area (Å²) in [4.78, 5) is 11.9. The second kappa shape index (κ2) is 5.64. The number of nitrogens with one attached hydrogen (secondary N) is 2. The maximum Gasteiger partial charge on any atom is 0.237 e. The smallest absolute Gasteiger partial charge is 0.237 e. The number of piperidine rings is 1. The zero-order valence-electron chi connectivity index (χ0n) is 10.00. The molecular weight excluding hydrogens is 204 g/mol. The van der Waals surface area contributed by atoms with E-state index in [1.807, 2.05) is 6.92 Å². The van der Waals surface area contributed by atoms with Gasteiger partial charge in [0.2, 0.25) is 5.91 Å². The molecule has 0 spiro atoms. The van der Waals surface area contributed by atoms with Crippen molar-refractivity contribution in [3.8, 4) is 0 Å². The van der Waals surface area contributed by atoms with Crippen LogP contribution in [-0.2, 0) is 9.53 Å². The van der Waals surface area contributed by atoms with Gasteiger partial charge in [0.1, 0.15) is 0 Å². The molecule has 0 aliphatic carbocycles. The third kappa shape index (κ3) is 2.95. The number of ether oxygens (including phenoxy) is 1. The number of amides is 1. The van der Waals surface area contributed by atoms with Crippen LogP contribution in [0.1, 0.15) is 39.0 Å². The minimum Gasteiger partial charge on any atom is -0.376 e. The van der Waals surface area contributed by atoms with Crippen LogP contribution in [0.5, 0.6) is 0 Å². The summed E-state index contributed by atoms with van der Waals surface area (Å²) in [6.45, 7) is 3.84. The van der Waals surface area contributed by atoms with Gasteiger partial charge in [-0.3, -0.25) is 4.79 Å². The highest BCUT2D eigenvalue weighted by Crippen LogP contribution is 2.16. The van der Waals surface area contributed by atoms with Crippen LogP contribution in [0.2, 0.25) is 0 Å². The summed E-state index contributed by atoms with van der Waals surface area (Å²) in [5.41, 5.74) is 0. The lowest BCUT2D eigenvalue weighted by Crippen LogP contribution is -2.51. The summed E-state index contributed by atoms with van der Waals surface area (Å²) in [5.74, 6) is 0.141. The first-order valence-electron chi connectivity index (χ1n) is 6.43. The summed E-state index contributed by atoms with van der Waals surface area (Å²) < 4.78 is 5.57. The average molecular weight is 226 g/mol. The minimum absolute atomic E-state index is 0.0117. The number of carbonyl (C=O) groups is 1. The van der Waals surface area contributed by atoms with Crippen molar-refractivity contribution in [3.63, 3.8) is 0 Å². The van der Waals surface area contributed by atoms with Crippen molar-refractivity contribution in [2.75, 3.05) is 13.2 Å². The molecule has 3 atom stereocenters. The van der Waals surface area contributed by atoms with Crippen molar-refractivity contribution in [3.05, 3.63) is 0 Å². The third-order valence-electron chi connectivity index (χ3n) is 3.52. The highest BCUT2D eigenvalue weighted by atomic mass is 16.5. The van der Waals surface area contributed by atoms with Crippen LogP contribution in [0.25, 0.3) is 0 Å². The number of rotatable bonds is 3. The summed E-state index contributed by atoms with van der Waals surface area (Å²) in [5, 5.41) is 6.33. The summed E-state index contributed by atoms with van der Waals surface area (Å²) in [6, 6.07) is 0.149. The minimum atomic E-state index is 0.0117. The van der Waals surface area contributed by atoms with Gasteiger partial charge in [0, 0.05) is 6.61 Å². The van der Waals surface area contributed by atoms with Crippen LogP contribution in [0.3, 0.4) is 0 Å². The van der Waals surface area contributed by atoms with Crippen molar-refractivity contribution in [2.24, 2.45) is 0 Å². The molecule has 2 rings (SSSR count). The molecule has 92 valence electrons. The van der Waals surface area contributed by atoms with Gasteiger partial charge in [-0.25, -0.2) is 0 Å². The van der Waals surface area contributed by atoms with Crippen molar-refractivity contribution < 1.29 is 9.53 Å². The standard InChI is InChI=1S/C12H22N2O2/c1-9(11-6-4-8-16-11)14-12(15)10-5-2-3-7-13-10/h9-11,13H,2-8H2,1H3,(H,14,15)/t9?,10-,11?/m0/s1. The molecular formula is C12H22N2O2. The molecule has 0 saturated carbocycles. The molecule has 0 aromatic heterocycles. The van der Waals surface area contributed by atoms with E-state index in [9.17, 15) is 4.79 Å². The van der Waals surface area contributed by atoms with E-state index in [-0.39, 0.29) is 24.1 Å². The van der Waals surface area contributed by atoms with Crippen LogP contribution < -0.4 is 10.6 Å². The van der Waals surface area contributed by atoms with E-state index in [1.165, 1.54) is 6.42 Å². The lowest BCUT2D eigenvalue weighted by Gasteiger charge is -2.26. The molecule has 4 heteroatoms. The van der Waals surface area contributed by atoms with Gasteiger partial charge in [-0.2, -0.15) is 0 Å². The molecule has 2 aliphatic rings. The van der Waals surface area contributed by atoms with Gasteiger partial charge in [0.15, 0.2) is 0 Å². The Morgan fingerprint density at radius 2 is 2.25 bits per heavy atom. The SMILES string of the molecule is CC(NC(=O)[C@@H]1CCCCN1)C1CCCO1. The Morgan fingerprint density at radius 1 is 1.38 bits per heavy atom. The Balaban J connectivity index is 1.76. The van der Waals surface area contributed by atoms with Gasteiger partial charge < -0.3 is 15.4 Å². The van der Waals surface area contributed by atoms with Gasteiger partial charge in [-0.1, -0.05) is 6.42 Å². The topological polar surface area (TPSA) is 50.4 Å². The van der Waals surface area contributed by atoms with Gasteiger partial charge in [0.05, 0.1) is 18.2 Å². The van der Waals surface area contributed by atoms with Gasteiger partial charge in [-0.05, 0) is 39.2 Å². The molecule has 1 amide bonds. The van der Waals surface area contributed by atoms with E-state index in [1.54, 1.807) is 0 Å². The van der Waals surface area contributed by atoms with Gasteiger partial charge in [0.25, 0.3) is 0 Å². The Bertz CT molecular complexity index is 233. The predicted octanol–water partition coefficient (Wildman–Crippen LogP) is 0.812. The van der Waals surface area contributed by atoms with E-state index >= 15 is 0 Å². The van der Waals surface area contributed by atoms with Crippen LogP contribution in [-0.4, -0.2) is 37.2 Å². The van der Waals surface area contributed by atoms with Gasteiger partial charge >= 0.3 is 0 Å². The summed E-state index contributed by atoms with van der Waals surface area (Å²) in [6.07, 6.45) is 5.70. The zero-order chi connectivity index (χ0) is 11.4. The number of hydrogen-bond donors (Lipinski definition) is 2. The molecule has 0 aromatic rings. The lowest BCUT2D eigenvalue weighted by molar-refractivity contribution is -0.125.